The lowest BCUT2D eigenvalue weighted by atomic mass is 10.2. The number of alkyl halides is 3. The van der Waals surface area contributed by atoms with Crippen LogP contribution in [0.1, 0.15) is 11.4 Å². The number of carbonyl (C=O) groups is 1. The highest BCUT2D eigenvalue weighted by molar-refractivity contribution is 7.99. The molecule has 0 unspecified atom stereocenters. The minimum Gasteiger partial charge on any atom is -0.469 e. The van der Waals surface area contributed by atoms with Crippen LogP contribution in [0, 0.1) is 0 Å². The Balaban J connectivity index is 1.92. The lowest BCUT2D eigenvalue weighted by molar-refractivity contribution is -0.140. The standard InChI is InChI=1S/C15H11ClF3N3O2S2/c1-24-12(23)3-5-25-8-6-10(16)9-2-4-22(11(9)7-8)14-21-20-13(26-14)15(17,18)19/h2,4,6-7H,3,5H2,1H3. The minimum atomic E-state index is -4.54. The van der Waals surface area contributed by atoms with E-state index in [9.17, 15) is 18.0 Å². The van der Waals surface area contributed by atoms with Crippen LogP contribution >= 0.6 is 34.7 Å². The van der Waals surface area contributed by atoms with Crippen LogP contribution in [0.15, 0.2) is 29.3 Å². The second kappa shape index (κ2) is 7.45. The zero-order chi connectivity index (χ0) is 18.9. The Labute approximate surface area is 159 Å². The van der Waals surface area contributed by atoms with Gasteiger partial charge in [-0.15, -0.1) is 22.0 Å². The molecule has 0 saturated heterocycles. The van der Waals surface area contributed by atoms with Gasteiger partial charge in [-0.1, -0.05) is 22.9 Å². The van der Waals surface area contributed by atoms with Crippen LogP contribution in [0.2, 0.25) is 5.02 Å². The maximum absolute atomic E-state index is 12.8. The van der Waals surface area contributed by atoms with Gasteiger partial charge in [-0.05, 0) is 18.2 Å². The summed E-state index contributed by atoms with van der Waals surface area (Å²) in [6.07, 6.45) is -2.70. The highest BCUT2D eigenvalue weighted by atomic mass is 35.5. The predicted octanol–water partition coefficient (Wildman–Crippen LogP) is 4.81. The maximum Gasteiger partial charge on any atom is 0.445 e. The quantitative estimate of drug-likeness (QED) is 0.437. The summed E-state index contributed by atoms with van der Waals surface area (Å²) in [4.78, 5) is 12.0. The Morgan fingerprint density at radius 3 is 2.81 bits per heavy atom. The van der Waals surface area contributed by atoms with Crippen LogP contribution in [0.25, 0.3) is 16.0 Å². The summed E-state index contributed by atoms with van der Waals surface area (Å²) >= 11 is 8.13. The van der Waals surface area contributed by atoms with Crippen LogP contribution in [0.3, 0.4) is 0 Å². The first-order chi connectivity index (χ1) is 12.3. The van der Waals surface area contributed by atoms with Crippen LogP contribution in [0.5, 0.6) is 0 Å². The number of methoxy groups -OCH3 is 1. The van der Waals surface area contributed by atoms with Gasteiger partial charge in [0, 0.05) is 22.2 Å². The van der Waals surface area contributed by atoms with Gasteiger partial charge >= 0.3 is 12.1 Å². The minimum absolute atomic E-state index is 0.0973. The summed E-state index contributed by atoms with van der Waals surface area (Å²) in [5.74, 6) is 0.174. The van der Waals surface area contributed by atoms with Crippen molar-refractivity contribution in [2.24, 2.45) is 0 Å². The van der Waals surface area contributed by atoms with E-state index >= 15 is 0 Å². The molecule has 0 bridgehead atoms. The Bertz CT molecular complexity index is 955. The van der Waals surface area contributed by atoms with Crippen LogP contribution in [-0.4, -0.2) is 33.6 Å². The molecule has 11 heteroatoms. The van der Waals surface area contributed by atoms with Gasteiger partial charge in [0.2, 0.25) is 10.1 Å². The van der Waals surface area contributed by atoms with Crippen molar-refractivity contribution in [3.8, 4) is 5.13 Å². The molecule has 0 spiro atoms. The van der Waals surface area contributed by atoms with Crippen molar-refractivity contribution in [3.63, 3.8) is 0 Å². The number of thioether (sulfide) groups is 1. The molecule has 3 aromatic rings. The Morgan fingerprint density at radius 1 is 1.38 bits per heavy atom. The number of hydrogen-bond acceptors (Lipinski definition) is 6. The SMILES string of the molecule is COC(=O)CCSc1cc(Cl)c2ccn(-c3nnc(C(F)(F)F)s3)c2c1. The summed E-state index contributed by atoms with van der Waals surface area (Å²) in [5, 5.41) is 7.07. The average molecular weight is 422 g/mol. The van der Waals surface area contributed by atoms with Gasteiger partial charge in [-0.25, -0.2) is 0 Å². The molecule has 0 aliphatic heterocycles. The number of fused-ring (bicyclic) bond motifs is 1. The van der Waals surface area contributed by atoms with Gasteiger partial charge in [-0.2, -0.15) is 13.2 Å². The molecular formula is C15H11ClF3N3O2S2. The summed E-state index contributed by atoms with van der Waals surface area (Å²) in [6, 6.07) is 5.24. The molecule has 5 nitrogen and oxygen atoms in total. The number of ether oxygens (including phenoxy) is 1. The number of esters is 1. The molecule has 0 saturated carbocycles. The van der Waals surface area contributed by atoms with Crippen molar-refractivity contribution in [2.45, 2.75) is 17.5 Å². The number of benzene rings is 1. The fourth-order valence-electron chi connectivity index (χ4n) is 2.20. The molecule has 0 atom stereocenters. The van der Waals surface area contributed by atoms with E-state index in [1.54, 1.807) is 24.4 Å². The van der Waals surface area contributed by atoms with Gasteiger partial charge in [0.05, 0.1) is 24.1 Å². The van der Waals surface area contributed by atoms with Crippen LogP contribution < -0.4 is 0 Å². The second-order valence-corrected chi connectivity index (χ2v) is 7.62. The van der Waals surface area contributed by atoms with Crippen LogP contribution in [0.4, 0.5) is 13.2 Å². The molecule has 0 N–H and O–H groups in total. The summed E-state index contributed by atoms with van der Waals surface area (Å²) in [6.45, 7) is 0. The molecule has 26 heavy (non-hydrogen) atoms. The largest absolute Gasteiger partial charge is 0.469 e. The topological polar surface area (TPSA) is 57.0 Å². The van der Waals surface area contributed by atoms with Crippen molar-refractivity contribution in [2.75, 3.05) is 12.9 Å². The summed E-state index contributed by atoms with van der Waals surface area (Å²) in [7, 11) is 1.32. The van der Waals surface area contributed by atoms with Crippen molar-refractivity contribution in [1.29, 1.82) is 0 Å². The van der Waals surface area contributed by atoms with Gasteiger partial charge < -0.3 is 4.74 Å². The second-order valence-electron chi connectivity index (χ2n) is 5.09. The highest BCUT2D eigenvalue weighted by Gasteiger charge is 2.36. The molecule has 0 aliphatic carbocycles. The van der Waals surface area contributed by atoms with E-state index in [-0.39, 0.29) is 17.5 Å². The van der Waals surface area contributed by atoms with Crippen molar-refractivity contribution in [1.82, 2.24) is 14.8 Å². The third-order valence-corrected chi connectivity index (χ3v) is 5.65. The third-order valence-electron chi connectivity index (χ3n) is 3.40. The number of halogens is 4. The van der Waals surface area contributed by atoms with Crippen molar-refractivity contribution >= 4 is 51.6 Å². The smallest absolute Gasteiger partial charge is 0.445 e. The van der Waals surface area contributed by atoms with E-state index in [0.717, 1.165) is 4.90 Å². The van der Waals surface area contributed by atoms with E-state index in [2.05, 4.69) is 14.9 Å². The monoisotopic (exact) mass is 421 g/mol. The van der Waals surface area contributed by atoms with Crippen molar-refractivity contribution in [3.05, 3.63) is 34.4 Å². The van der Waals surface area contributed by atoms with Gasteiger partial charge in [0.15, 0.2) is 0 Å². The predicted molar refractivity (Wildman–Crippen MR) is 94.1 cm³/mol. The molecule has 0 radical (unpaired) electrons. The first kappa shape index (κ1) is 19.0. The summed E-state index contributed by atoms with van der Waals surface area (Å²) < 4.78 is 44.4. The Kier molecular flexibility index (Phi) is 5.44. The number of nitrogens with zero attached hydrogens (tertiary/aromatic N) is 3. The normalized spacial score (nSPS) is 11.9. The molecule has 0 aliphatic rings. The van der Waals surface area contributed by atoms with Gasteiger partial charge in [0.25, 0.3) is 0 Å². The fraction of sp³-hybridized carbons (Fsp3) is 0.267. The Hall–Kier alpha value is -1.78. The van der Waals surface area contributed by atoms with E-state index in [1.807, 2.05) is 0 Å². The molecule has 2 heterocycles. The highest BCUT2D eigenvalue weighted by Crippen LogP contribution is 2.36. The number of hydrogen-bond donors (Lipinski definition) is 0. The zero-order valence-corrected chi connectivity index (χ0v) is 15.6. The maximum atomic E-state index is 12.8. The number of aromatic nitrogens is 3. The molecule has 3 rings (SSSR count). The molecular weight excluding hydrogens is 411 g/mol. The van der Waals surface area contributed by atoms with Crippen LogP contribution in [-0.2, 0) is 15.7 Å². The average Bonchev–Trinajstić information content (AvgIpc) is 3.20. The molecule has 0 amide bonds. The molecule has 0 fully saturated rings. The zero-order valence-electron chi connectivity index (χ0n) is 13.2. The molecule has 1 aromatic carbocycles. The lowest BCUT2D eigenvalue weighted by Gasteiger charge is -2.06. The van der Waals surface area contributed by atoms with E-state index in [1.165, 1.54) is 23.4 Å². The van der Waals surface area contributed by atoms with E-state index in [0.29, 0.717) is 33.0 Å². The van der Waals surface area contributed by atoms with E-state index in [4.69, 9.17) is 11.6 Å². The number of carbonyl (C=O) groups excluding carboxylic acids is 1. The van der Waals surface area contributed by atoms with E-state index < -0.39 is 11.2 Å². The summed E-state index contributed by atoms with van der Waals surface area (Å²) in [5.41, 5.74) is 0.614. The fourth-order valence-corrected chi connectivity index (χ4v) is 4.16. The Morgan fingerprint density at radius 2 is 2.15 bits per heavy atom. The van der Waals surface area contributed by atoms with Crippen molar-refractivity contribution < 1.29 is 22.7 Å². The van der Waals surface area contributed by atoms with Gasteiger partial charge in [-0.3, -0.25) is 9.36 Å². The third kappa shape index (κ3) is 3.97. The lowest BCUT2D eigenvalue weighted by Crippen LogP contribution is -2.03. The van der Waals surface area contributed by atoms with Gasteiger partial charge in [0.1, 0.15) is 0 Å². The molecule has 2 aromatic heterocycles. The first-order valence-electron chi connectivity index (χ1n) is 7.21. The number of rotatable bonds is 5. The molecule has 138 valence electrons. The first-order valence-corrected chi connectivity index (χ1v) is 9.39.